The van der Waals surface area contributed by atoms with Crippen molar-refractivity contribution in [3.05, 3.63) is 0 Å². The van der Waals surface area contributed by atoms with Crippen LogP contribution in [0.3, 0.4) is 0 Å². The molecule has 2 nitrogen and oxygen atoms in total. The molecule has 0 amide bonds. The zero-order valence-electron chi connectivity index (χ0n) is 9.16. The van der Waals surface area contributed by atoms with Gasteiger partial charge in [-0.3, -0.25) is 4.79 Å². The number of ether oxygens (including phenoxy) is 1. The van der Waals surface area contributed by atoms with Gasteiger partial charge in [-0.2, -0.15) is 0 Å². The van der Waals surface area contributed by atoms with E-state index in [9.17, 15) is 4.79 Å². The van der Waals surface area contributed by atoms with E-state index in [2.05, 4.69) is 27.7 Å². The average Bonchev–Trinajstić information content (AvgIpc) is 1.99. The van der Waals surface area contributed by atoms with Gasteiger partial charge >= 0.3 is 5.97 Å². The summed E-state index contributed by atoms with van der Waals surface area (Å²) in [5.41, 5.74) is 0. The highest BCUT2D eigenvalue weighted by Gasteiger charge is 2.24. The maximum absolute atomic E-state index is 11.5. The Labute approximate surface area is 85.4 Å². The molecule has 0 aliphatic heterocycles. The molecule has 0 N–H and O–H groups in total. The summed E-state index contributed by atoms with van der Waals surface area (Å²) in [6.45, 7) is 10.6. The SMILES string of the molecule is CCOC(=O)C(SC(C)C)C(C)C. The van der Waals surface area contributed by atoms with E-state index < -0.39 is 0 Å². The summed E-state index contributed by atoms with van der Waals surface area (Å²) < 4.78 is 5.01. The molecule has 0 aromatic carbocycles. The number of hydrogen-bond acceptors (Lipinski definition) is 3. The van der Waals surface area contributed by atoms with E-state index in [1.807, 2.05) is 6.92 Å². The third-order valence-electron chi connectivity index (χ3n) is 1.54. The summed E-state index contributed by atoms with van der Waals surface area (Å²) in [5.74, 6) is 0.266. The number of carbonyl (C=O) groups excluding carboxylic acids is 1. The molecule has 0 radical (unpaired) electrons. The molecule has 0 heterocycles. The average molecular weight is 204 g/mol. The lowest BCUT2D eigenvalue weighted by Gasteiger charge is -2.20. The van der Waals surface area contributed by atoms with Crippen LogP contribution in [0.4, 0.5) is 0 Å². The van der Waals surface area contributed by atoms with Gasteiger partial charge in [0.15, 0.2) is 0 Å². The molecule has 0 aliphatic rings. The minimum absolute atomic E-state index is 0.0139. The van der Waals surface area contributed by atoms with Crippen LogP contribution in [0.2, 0.25) is 0 Å². The predicted octanol–water partition coefficient (Wildman–Crippen LogP) is 2.72. The zero-order chi connectivity index (χ0) is 10.4. The minimum atomic E-state index is -0.0730. The van der Waals surface area contributed by atoms with Gasteiger partial charge in [-0.05, 0) is 18.1 Å². The second-order valence-corrected chi connectivity index (χ2v) is 5.32. The standard InChI is InChI=1S/C10H20O2S/c1-6-12-10(11)9(7(2)3)13-8(4)5/h7-9H,6H2,1-5H3. The fraction of sp³-hybridized carbons (Fsp3) is 0.900. The molecule has 0 saturated carbocycles. The Morgan fingerprint density at radius 1 is 1.31 bits per heavy atom. The van der Waals surface area contributed by atoms with Crippen molar-refractivity contribution in [2.45, 2.75) is 45.1 Å². The zero-order valence-corrected chi connectivity index (χ0v) is 9.98. The summed E-state index contributed by atoms with van der Waals surface area (Å²) in [6.07, 6.45) is 0. The molecular weight excluding hydrogens is 184 g/mol. The van der Waals surface area contributed by atoms with Crippen LogP contribution in [0.25, 0.3) is 0 Å². The van der Waals surface area contributed by atoms with Crippen molar-refractivity contribution in [2.24, 2.45) is 5.92 Å². The van der Waals surface area contributed by atoms with E-state index >= 15 is 0 Å². The summed E-state index contributed by atoms with van der Waals surface area (Å²) in [4.78, 5) is 11.5. The van der Waals surface area contributed by atoms with Crippen LogP contribution in [0.15, 0.2) is 0 Å². The number of hydrogen-bond donors (Lipinski definition) is 0. The molecule has 0 fully saturated rings. The van der Waals surface area contributed by atoms with E-state index in [1.165, 1.54) is 0 Å². The molecule has 0 rings (SSSR count). The Balaban J connectivity index is 4.15. The molecule has 13 heavy (non-hydrogen) atoms. The highest BCUT2D eigenvalue weighted by Crippen LogP contribution is 2.24. The monoisotopic (exact) mass is 204 g/mol. The fourth-order valence-corrected chi connectivity index (χ4v) is 2.08. The highest BCUT2D eigenvalue weighted by atomic mass is 32.2. The molecule has 0 aliphatic carbocycles. The summed E-state index contributed by atoms with van der Waals surface area (Å²) >= 11 is 1.68. The van der Waals surface area contributed by atoms with Crippen LogP contribution in [0.1, 0.15) is 34.6 Å². The van der Waals surface area contributed by atoms with Gasteiger partial charge < -0.3 is 4.74 Å². The predicted molar refractivity (Wildman–Crippen MR) is 58.0 cm³/mol. The summed E-state index contributed by atoms with van der Waals surface area (Å²) in [5, 5.41) is 0.455. The number of carbonyl (C=O) groups is 1. The van der Waals surface area contributed by atoms with Crippen LogP contribution in [-0.2, 0) is 9.53 Å². The van der Waals surface area contributed by atoms with Crippen molar-refractivity contribution in [3.8, 4) is 0 Å². The van der Waals surface area contributed by atoms with Crippen molar-refractivity contribution < 1.29 is 9.53 Å². The highest BCUT2D eigenvalue weighted by molar-refractivity contribution is 8.01. The van der Waals surface area contributed by atoms with Crippen molar-refractivity contribution in [2.75, 3.05) is 6.61 Å². The molecular formula is C10H20O2S. The maximum Gasteiger partial charge on any atom is 0.319 e. The van der Waals surface area contributed by atoms with Crippen molar-refractivity contribution >= 4 is 17.7 Å². The Morgan fingerprint density at radius 3 is 2.15 bits per heavy atom. The van der Waals surface area contributed by atoms with Gasteiger partial charge in [-0.15, -0.1) is 11.8 Å². The van der Waals surface area contributed by atoms with Crippen molar-refractivity contribution in [3.63, 3.8) is 0 Å². The first-order chi connectivity index (χ1) is 5.99. The van der Waals surface area contributed by atoms with Crippen molar-refractivity contribution in [1.29, 1.82) is 0 Å². The van der Waals surface area contributed by atoms with E-state index in [0.717, 1.165) is 0 Å². The second-order valence-electron chi connectivity index (χ2n) is 3.60. The third-order valence-corrected chi connectivity index (χ3v) is 3.12. The number of esters is 1. The van der Waals surface area contributed by atoms with E-state index in [-0.39, 0.29) is 11.2 Å². The maximum atomic E-state index is 11.5. The molecule has 3 heteroatoms. The Morgan fingerprint density at radius 2 is 1.85 bits per heavy atom. The summed E-state index contributed by atoms with van der Waals surface area (Å²) in [6, 6.07) is 0. The van der Waals surface area contributed by atoms with Crippen LogP contribution >= 0.6 is 11.8 Å². The van der Waals surface area contributed by atoms with Gasteiger partial charge in [0.05, 0.1) is 6.61 Å². The van der Waals surface area contributed by atoms with Gasteiger partial charge in [-0.25, -0.2) is 0 Å². The summed E-state index contributed by atoms with van der Waals surface area (Å²) in [7, 11) is 0. The molecule has 0 spiro atoms. The lowest BCUT2D eigenvalue weighted by molar-refractivity contribution is -0.143. The molecule has 78 valence electrons. The molecule has 0 bridgehead atoms. The molecule has 0 aromatic rings. The topological polar surface area (TPSA) is 26.3 Å². The van der Waals surface area contributed by atoms with E-state index in [0.29, 0.717) is 17.8 Å². The molecule has 0 saturated heterocycles. The largest absolute Gasteiger partial charge is 0.465 e. The third kappa shape index (κ3) is 5.19. The van der Waals surface area contributed by atoms with Crippen LogP contribution < -0.4 is 0 Å². The smallest absolute Gasteiger partial charge is 0.319 e. The van der Waals surface area contributed by atoms with Crippen LogP contribution in [0.5, 0.6) is 0 Å². The molecule has 1 unspecified atom stereocenters. The first kappa shape index (κ1) is 12.8. The van der Waals surface area contributed by atoms with Crippen molar-refractivity contribution in [1.82, 2.24) is 0 Å². The Hall–Kier alpha value is -0.180. The lowest BCUT2D eigenvalue weighted by Crippen LogP contribution is -2.27. The van der Waals surface area contributed by atoms with E-state index in [1.54, 1.807) is 11.8 Å². The van der Waals surface area contributed by atoms with Gasteiger partial charge in [0.25, 0.3) is 0 Å². The van der Waals surface area contributed by atoms with Gasteiger partial charge in [-0.1, -0.05) is 27.7 Å². The van der Waals surface area contributed by atoms with Crippen LogP contribution in [-0.4, -0.2) is 23.1 Å². The normalized spacial score (nSPS) is 13.5. The second kappa shape index (κ2) is 6.30. The number of rotatable bonds is 5. The first-order valence-corrected chi connectivity index (χ1v) is 5.75. The molecule has 0 aromatic heterocycles. The fourth-order valence-electron chi connectivity index (χ4n) is 1.00. The Bertz CT molecular complexity index is 155. The molecule has 1 atom stereocenters. The minimum Gasteiger partial charge on any atom is -0.465 e. The lowest BCUT2D eigenvalue weighted by atomic mass is 10.1. The Kier molecular flexibility index (Phi) is 6.21. The first-order valence-electron chi connectivity index (χ1n) is 4.81. The van der Waals surface area contributed by atoms with Crippen LogP contribution in [0, 0.1) is 5.92 Å². The van der Waals surface area contributed by atoms with Gasteiger partial charge in [0, 0.05) is 0 Å². The van der Waals surface area contributed by atoms with Gasteiger partial charge in [0.1, 0.15) is 5.25 Å². The van der Waals surface area contributed by atoms with Gasteiger partial charge in [0.2, 0.25) is 0 Å². The number of thioether (sulfide) groups is 1. The quantitative estimate of drug-likeness (QED) is 0.644. The van der Waals surface area contributed by atoms with E-state index in [4.69, 9.17) is 4.74 Å².